The molecule has 0 aliphatic rings. The molecule has 0 aliphatic carbocycles. The van der Waals surface area contributed by atoms with Gasteiger partial charge in [-0.15, -0.1) is 0 Å². The van der Waals surface area contributed by atoms with Gasteiger partial charge in [0.25, 0.3) is 0 Å². The summed E-state index contributed by atoms with van der Waals surface area (Å²) < 4.78 is 5.33. The summed E-state index contributed by atoms with van der Waals surface area (Å²) in [6.45, 7) is 10.2. The molecular formula is C20H33NO3. The van der Waals surface area contributed by atoms with Gasteiger partial charge in [-0.2, -0.15) is 0 Å². The van der Waals surface area contributed by atoms with Crippen molar-refractivity contribution < 1.29 is 14.6 Å². The normalized spacial score (nSPS) is 15.4. The van der Waals surface area contributed by atoms with E-state index in [0.717, 1.165) is 24.8 Å². The van der Waals surface area contributed by atoms with Crippen LogP contribution in [0.4, 0.5) is 4.79 Å². The molecule has 136 valence electrons. The Kier molecular flexibility index (Phi) is 7.74. The van der Waals surface area contributed by atoms with Gasteiger partial charge in [0.2, 0.25) is 0 Å². The molecule has 0 aromatic heterocycles. The second-order valence-corrected chi connectivity index (χ2v) is 7.76. The summed E-state index contributed by atoms with van der Waals surface area (Å²) in [4.78, 5) is 12.0. The number of aliphatic hydroxyl groups is 1. The lowest BCUT2D eigenvalue weighted by atomic mass is 9.73. The number of aliphatic hydroxyl groups excluding tert-OH is 1. The Bertz CT molecular complexity index is 495. The number of nitrogens with one attached hydrogen (secondary N) is 1. The minimum absolute atomic E-state index is 0.0130. The average Bonchev–Trinajstić information content (AvgIpc) is 2.51. The van der Waals surface area contributed by atoms with E-state index in [-0.39, 0.29) is 6.61 Å². The van der Waals surface area contributed by atoms with Crippen LogP contribution < -0.4 is 5.32 Å². The Labute approximate surface area is 146 Å². The summed E-state index contributed by atoms with van der Waals surface area (Å²) in [6.07, 6.45) is 2.58. The van der Waals surface area contributed by atoms with Crippen LogP contribution in [0.3, 0.4) is 0 Å². The minimum atomic E-state index is -0.534. The largest absolute Gasteiger partial charge is 0.444 e. The SMILES string of the molecule is CCCC(C)CC(CO)(CNC(=O)OC(C)(C)C)c1ccccc1. The van der Waals surface area contributed by atoms with Gasteiger partial charge < -0.3 is 15.2 Å². The third-order valence-corrected chi connectivity index (χ3v) is 4.18. The van der Waals surface area contributed by atoms with Crippen molar-refractivity contribution in [2.75, 3.05) is 13.2 Å². The molecule has 0 heterocycles. The highest BCUT2D eigenvalue weighted by atomic mass is 16.6. The Morgan fingerprint density at radius 3 is 2.38 bits per heavy atom. The smallest absolute Gasteiger partial charge is 0.407 e. The molecule has 0 saturated carbocycles. The van der Waals surface area contributed by atoms with Crippen LogP contribution >= 0.6 is 0 Å². The molecule has 1 rings (SSSR count). The Morgan fingerprint density at radius 1 is 1.25 bits per heavy atom. The number of carbonyl (C=O) groups excluding carboxylic acids is 1. The summed E-state index contributed by atoms with van der Waals surface area (Å²) in [5, 5.41) is 13.1. The Balaban J connectivity index is 2.94. The van der Waals surface area contributed by atoms with Crippen LogP contribution in [-0.2, 0) is 10.2 Å². The molecule has 4 nitrogen and oxygen atoms in total. The number of rotatable bonds is 8. The molecule has 2 N–H and O–H groups in total. The molecule has 2 unspecified atom stereocenters. The number of hydrogen-bond acceptors (Lipinski definition) is 3. The topological polar surface area (TPSA) is 58.6 Å². The van der Waals surface area contributed by atoms with E-state index in [2.05, 4.69) is 19.2 Å². The molecule has 1 aromatic carbocycles. The highest BCUT2D eigenvalue weighted by Gasteiger charge is 2.34. The van der Waals surface area contributed by atoms with Crippen molar-refractivity contribution in [2.45, 2.75) is 64.9 Å². The molecule has 0 radical (unpaired) electrons. The lowest BCUT2D eigenvalue weighted by molar-refractivity contribution is 0.0495. The van der Waals surface area contributed by atoms with Gasteiger partial charge in [0.05, 0.1) is 6.61 Å². The second kappa shape index (κ2) is 9.07. The molecule has 2 atom stereocenters. The first-order valence-corrected chi connectivity index (χ1v) is 8.85. The highest BCUT2D eigenvalue weighted by molar-refractivity contribution is 5.67. The molecular weight excluding hydrogens is 302 g/mol. The Morgan fingerprint density at radius 2 is 1.88 bits per heavy atom. The third-order valence-electron chi connectivity index (χ3n) is 4.18. The Hall–Kier alpha value is -1.55. The van der Waals surface area contributed by atoms with E-state index >= 15 is 0 Å². The van der Waals surface area contributed by atoms with Crippen LogP contribution in [-0.4, -0.2) is 30.0 Å². The maximum Gasteiger partial charge on any atom is 0.407 e. The van der Waals surface area contributed by atoms with Crippen LogP contribution in [0.25, 0.3) is 0 Å². The van der Waals surface area contributed by atoms with Crippen molar-refractivity contribution in [1.29, 1.82) is 0 Å². The molecule has 24 heavy (non-hydrogen) atoms. The quantitative estimate of drug-likeness (QED) is 0.746. The van der Waals surface area contributed by atoms with Crippen molar-refractivity contribution in [3.05, 3.63) is 35.9 Å². The van der Waals surface area contributed by atoms with Crippen LogP contribution in [0.2, 0.25) is 0 Å². The van der Waals surface area contributed by atoms with Gasteiger partial charge in [-0.05, 0) is 38.7 Å². The van der Waals surface area contributed by atoms with Gasteiger partial charge in [0.15, 0.2) is 0 Å². The van der Waals surface area contributed by atoms with E-state index in [4.69, 9.17) is 4.74 Å². The maximum atomic E-state index is 12.0. The molecule has 0 saturated heterocycles. The monoisotopic (exact) mass is 335 g/mol. The van der Waals surface area contributed by atoms with E-state index in [0.29, 0.717) is 12.5 Å². The summed E-state index contributed by atoms with van der Waals surface area (Å²) in [5.41, 5.74) is 0.0209. The first-order valence-electron chi connectivity index (χ1n) is 8.85. The minimum Gasteiger partial charge on any atom is -0.444 e. The van der Waals surface area contributed by atoms with E-state index in [1.807, 2.05) is 51.1 Å². The van der Waals surface area contributed by atoms with Gasteiger partial charge in [-0.1, -0.05) is 57.0 Å². The number of benzene rings is 1. The molecule has 0 aliphatic heterocycles. The van der Waals surface area contributed by atoms with Crippen molar-refractivity contribution in [2.24, 2.45) is 5.92 Å². The fourth-order valence-corrected chi connectivity index (χ4v) is 3.11. The second-order valence-electron chi connectivity index (χ2n) is 7.76. The first kappa shape index (κ1) is 20.5. The van der Waals surface area contributed by atoms with Gasteiger partial charge in [-0.3, -0.25) is 0 Å². The molecule has 0 bridgehead atoms. The van der Waals surface area contributed by atoms with Crippen molar-refractivity contribution in [3.63, 3.8) is 0 Å². The molecule has 4 heteroatoms. The third kappa shape index (κ3) is 6.52. The fraction of sp³-hybridized carbons (Fsp3) is 0.650. The van der Waals surface area contributed by atoms with Gasteiger partial charge in [0.1, 0.15) is 5.60 Å². The van der Waals surface area contributed by atoms with Crippen molar-refractivity contribution in [3.8, 4) is 0 Å². The zero-order chi connectivity index (χ0) is 18.2. The zero-order valence-electron chi connectivity index (χ0n) is 15.8. The van der Waals surface area contributed by atoms with E-state index in [1.54, 1.807) is 0 Å². The van der Waals surface area contributed by atoms with Gasteiger partial charge >= 0.3 is 6.09 Å². The van der Waals surface area contributed by atoms with E-state index in [1.165, 1.54) is 0 Å². The highest BCUT2D eigenvalue weighted by Crippen LogP contribution is 2.32. The number of ether oxygens (including phenoxy) is 1. The molecule has 0 spiro atoms. The zero-order valence-corrected chi connectivity index (χ0v) is 15.8. The van der Waals surface area contributed by atoms with E-state index < -0.39 is 17.1 Å². The fourth-order valence-electron chi connectivity index (χ4n) is 3.11. The van der Waals surface area contributed by atoms with E-state index in [9.17, 15) is 9.90 Å². The lowest BCUT2D eigenvalue weighted by Gasteiger charge is -2.35. The predicted octanol–water partition coefficient (Wildman–Crippen LogP) is 4.27. The summed E-state index contributed by atoms with van der Waals surface area (Å²) in [7, 11) is 0. The lowest BCUT2D eigenvalue weighted by Crippen LogP contribution is -2.46. The van der Waals surface area contributed by atoms with Crippen molar-refractivity contribution >= 4 is 6.09 Å². The first-order chi connectivity index (χ1) is 11.2. The van der Waals surface area contributed by atoms with Gasteiger partial charge in [0, 0.05) is 12.0 Å². The number of alkyl carbamates (subject to hydrolysis) is 1. The summed E-state index contributed by atoms with van der Waals surface area (Å²) >= 11 is 0. The molecule has 1 amide bonds. The summed E-state index contributed by atoms with van der Waals surface area (Å²) in [5.74, 6) is 0.461. The number of hydrogen-bond donors (Lipinski definition) is 2. The van der Waals surface area contributed by atoms with Crippen molar-refractivity contribution in [1.82, 2.24) is 5.32 Å². The molecule has 0 fully saturated rings. The van der Waals surface area contributed by atoms with Gasteiger partial charge in [-0.25, -0.2) is 4.79 Å². The number of carbonyl (C=O) groups is 1. The summed E-state index contributed by atoms with van der Waals surface area (Å²) in [6, 6.07) is 9.94. The van der Waals surface area contributed by atoms with Crippen LogP contribution in [0.5, 0.6) is 0 Å². The number of amides is 1. The predicted molar refractivity (Wildman–Crippen MR) is 98.1 cm³/mol. The standard InChI is InChI=1S/C20H33NO3/c1-6-10-16(2)13-20(15-22,17-11-8-7-9-12-17)14-21-18(23)24-19(3,4)5/h7-9,11-12,16,22H,6,10,13-15H2,1-5H3,(H,21,23). The molecule has 1 aromatic rings. The van der Waals surface area contributed by atoms with Crippen LogP contribution in [0.1, 0.15) is 59.4 Å². The average molecular weight is 335 g/mol. The maximum absolute atomic E-state index is 12.0. The van der Waals surface area contributed by atoms with Crippen LogP contribution in [0, 0.1) is 5.92 Å². The van der Waals surface area contributed by atoms with Crippen LogP contribution in [0.15, 0.2) is 30.3 Å².